The highest BCUT2D eigenvalue weighted by atomic mass is 35.5. The van der Waals surface area contributed by atoms with Crippen LogP contribution in [0, 0.1) is 18.7 Å². The Balaban J connectivity index is 2.27. The fraction of sp³-hybridized carbons (Fsp3) is 0.400. The van der Waals surface area contributed by atoms with Gasteiger partial charge in [0.15, 0.2) is 0 Å². The van der Waals surface area contributed by atoms with Gasteiger partial charge < -0.3 is 5.32 Å². The molecule has 0 saturated carbocycles. The summed E-state index contributed by atoms with van der Waals surface area (Å²) in [7, 11) is 0. The standard InChI is InChI=1S/C15H19ClFN3/c1-10(2)7-18-8-12-6-13(17)4-5-15(12)20-9-14(16)11(3)19-20/h4-6,9-10,18H,7-8H2,1-3H3. The van der Waals surface area contributed by atoms with Gasteiger partial charge in [0.05, 0.1) is 16.4 Å². The first-order valence-electron chi connectivity index (χ1n) is 6.68. The van der Waals surface area contributed by atoms with Crippen molar-refractivity contribution in [3.05, 3.63) is 46.5 Å². The van der Waals surface area contributed by atoms with Crippen LogP contribution in [0.3, 0.4) is 0 Å². The summed E-state index contributed by atoms with van der Waals surface area (Å²) in [5, 5.41) is 8.27. The van der Waals surface area contributed by atoms with Crippen molar-refractivity contribution in [3.63, 3.8) is 0 Å². The van der Waals surface area contributed by atoms with Gasteiger partial charge in [-0.15, -0.1) is 0 Å². The van der Waals surface area contributed by atoms with Gasteiger partial charge >= 0.3 is 0 Å². The topological polar surface area (TPSA) is 29.9 Å². The molecule has 0 radical (unpaired) electrons. The second kappa shape index (κ2) is 6.37. The third-order valence-electron chi connectivity index (χ3n) is 3.00. The molecule has 0 spiro atoms. The van der Waals surface area contributed by atoms with Crippen molar-refractivity contribution < 1.29 is 4.39 Å². The van der Waals surface area contributed by atoms with E-state index < -0.39 is 0 Å². The lowest BCUT2D eigenvalue weighted by molar-refractivity contribution is 0.548. The summed E-state index contributed by atoms with van der Waals surface area (Å²) in [5.41, 5.74) is 2.47. The second-order valence-corrected chi connectivity index (χ2v) is 5.71. The molecule has 3 nitrogen and oxygen atoms in total. The van der Waals surface area contributed by atoms with Crippen molar-refractivity contribution in [1.82, 2.24) is 15.1 Å². The van der Waals surface area contributed by atoms with Gasteiger partial charge in [0.25, 0.3) is 0 Å². The van der Waals surface area contributed by atoms with Crippen LogP contribution in [0.5, 0.6) is 0 Å². The van der Waals surface area contributed by atoms with Crippen molar-refractivity contribution in [3.8, 4) is 5.69 Å². The van der Waals surface area contributed by atoms with Crippen molar-refractivity contribution in [2.75, 3.05) is 6.54 Å². The average Bonchev–Trinajstić information content (AvgIpc) is 2.69. The van der Waals surface area contributed by atoms with Gasteiger partial charge in [0.2, 0.25) is 0 Å². The Morgan fingerprint density at radius 1 is 1.40 bits per heavy atom. The van der Waals surface area contributed by atoms with Gasteiger partial charge in [-0.25, -0.2) is 9.07 Å². The second-order valence-electron chi connectivity index (χ2n) is 5.30. The first-order chi connectivity index (χ1) is 9.47. The summed E-state index contributed by atoms with van der Waals surface area (Å²) in [6.07, 6.45) is 1.75. The summed E-state index contributed by atoms with van der Waals surface area (Å²) < 4.78 is 15.1. The van der Waals surface area contributed by atoms with Crippen molar-refractivity contribution in [2.45, 2.75) is 27.3 Å². The summed E-state index contributed by atoms with van der Waals surface area (Å²) in [4.78, 5) is 0. The Labute approximate surface area is 123 Å². The average molecular weight is 296 g/mol. The van der Waals surface area contributed by atoms with Gasteiger partial charge in [0, 0.05) is 12.7 Å². The van der Waals surface area contributed by atoms with Crippen LogP contribution in [0.1, 0.15) is 25.1 Å². The Morgan fingerprint density at radius 3 is 2.75 bits per heavy atom. The number of hydrogen-bond acceptors (Lipinski definition) is 2. The van der Waals surface area contributed by atoms with E-state index >= 15 is 0 Å². The fourth-order valence-corrected chi connectivity index (χ4v) is 2.11. The van der Waals surface area contributed by atoms with E-state index in [1.165, 1.54) is 12.1 Å². The highest BCUT2D eigenvalue weighted by Gasteiger charge is 2.10. The molecule has 1 heterocycles. The summed E-state index contributed by atoms with van der Waals surface area (Å²) in [6, 6.07) is 4.70. The number of rotatable bonds is 5. The van der Waals surface area contributed by atoms with Crippen LogP contribution in [-0.2, 0) is 6.54 Å². The minimum atomic E-state index is -0.245. The molecule has 5 heteroatoms. The zero-order valence-corrected chi connectivity index (χ0v) is 12.7. The first kappa shape index (κ1) is 15.0. The molecule has 1 aromatic carbocycles. The molecule has 0 aliphatic heterocycles. The molecule has 2 rings (SSSR count). The van der Waals surface area contributed by atoms with Crippen molar-refractivity contribution in [1.29, 1.82) is 0 Å². The molecule has 2 aromatic rings. The van der Waals surface area contributed by atoms with Gasteiger partial charge in [-0.2, -0.15) is 5.10 Å². The van der Waals surface area contributed by atoms with Crippen LogP contribution in [0.25, 0.3) is 5.69 Å². The molecule has 1 aromatic heterocycles. The maximum Gasteiger partial charge on any atom is 0.123 e. The van der Waals surface area contributed by atoms with Gasteiger partial charge in [-0.3, -0.25) is 0 Å². The van der Waals surface area contributed by atoms with Crippen LogP contribution < -0.4 is 5.32 Å². The number of halogens is 2. The maximum atomic E-state index is 13.4. The van der Waals surface area contributed by atoms with Gasteiger partial charge in [0.1, 0.15) is 5.82 Å². The maximum absolute atomic E-state index is 13.4. The third-order valence-corrected chi connectivity index (χ3v) is 3.37. The van der Waals surface area contributed by atoms with Crippen LogP contribution in [0.2, 0.25) is 5.02 Å². The molecule has 1 N–H and O–H groups in total. The highest BCUT2D eigenvalue weighted by molar-refractivity contribution is 6.31. The fourth-order valence-electron chi connectivity index (χ4n) is 1.98. The minimum Gasteiger partial charge on any atom is -0.312 e. The molecule has 0 aliphatic rings. The van der Waals surface area contributed by atoms with Crippen molar-refractivity contribution >= 4 is 11.6 Å². The molecule has 20 heavy (non-hydrogen) atoms. The lowest BCUT2D eigenvalue weighted by Gasteiger charge is -2.12. The van der Waals surface area contributed by atoms with Gasteiger partial charge in [-0.1, -0.05) is 25.4 Å². The predicted molar refractivity (Wildman–Crippen MR) is 79.8 cm³/mol. The van der Waals surface area contributed by atoms with E-state index in [1.54, 1.807) is 16.9 Å². The lowest BCUT2D eigenvalue weighted by Crippen LogP contribution is -2.20. The molecule has 0 aliphatic carbocycles. The van der Waals surface area contributed by atoms with E-state index in [0.29, 0.717) is 17.5 Å². The molecular formula is C15H19ClFN3. The van der Waals surface area contributed by atoms with E-state index in [2.05, 4.69) is 24.3 Å². The number of nitrogens with zero attached hydrogens (tertiary/aromatic N) is 2. The highest BCUT2D eigenvalue weighted by Crippen LogP contribution is 2.20. The van der Waals surface area contributed by atoms with Crippen molar-refractivity contribution in [2.24, 2.45) is 5.92 Å². The number of hydrogen-bond donors (Lipinski definition) is 1. The lowest BCUT2D eigenvalue weighted by atomic mass is 10.1. The Kier molecular flexibility index (Phi) is 4.78. The van der Waals surface area contributed by atoms with E-state index in [9.17, 15) is 4.39 Å². The molecular weight excluding hydrogens is 277 g/mol. The summed E-state index contributed by atoms with van der Waals surface area (Å²) >= 11 is 6.04. The Morgan fingerprint density at radius 2 is 2.15 bits per heavy atom. The molecule has 0 amide bonds. The SMILES string of the molecule is Cc1nn(-c2ccc(F)cc2CNCC(C)C)cc1Cl. The van der Waals surface area contributed by atoms with Crippen LogP contribution in [0.4, 0.5) is 4.39 Å². The predicted octanol–water partition coefficient (Wildman–Crippen LogP) is 3.72. The normalized spacial score (nSPS) is 11.3. The number of nitrogens with one attached hydrogen (secondary N) is 1. The molecule has 0 unspecified atom stereocenters. The summed E-state index contributed by atoms with van der Waals surface area (Å²) in [5.74, 6) is 0.304. The number of aromatic nitrogens is 2. The van der Waals surface area contributed by atoms with E-state index in [0.717, 1.165) is 23.5 Å². The first-order valence-corrected chi connectivity index (χ1v) is 7.06. The molecule has 0 fully saturated rings. The smallest absolute Gasteiger partial charge is 0.123 e. The summed E-state index contributed by atoms with van der Waals surface area (Å²) in [6.45, 7) is 7.60. The van der Waals surface area contributed by atoms with Gasteiger partial charge in [-0.05, 0) is 43.1 Å². The van der Waals surface area contributed by atoms with Crippen LogP contribution >= 0.6 is 11.6 Å². The Bertz CT molecular complexity index is 573. The molecule has 0 atom stereocenters. The number of benzene rings is 1. The monoisotopic (exact) mass is 295 g/mol. The van der Waals surface area contributed by atoms with E-state index in [1.807, 2.05) is 6.92 Å². The van der Waals surface area contributed by atoms with E-state index in [-0.39, 0.29) is 5.82 Å². The molecule has 108 valence electrons. The largest absolute Gasteiger partial charge is 0.312 e. The Hall–Kier alpha value is -1.39. The molecule has 0 bridgehead atoms. The number of aryl methyl sites for hydroxylation is 1. The molecule has 0 saturated heterocycles. The van der Waals surface area contributed by atoms with Crippen LogP contribution in [-0.4, -0.2) is 16.3 Å². The quantitative estimate of drug-likeness (QED) is 0.911. The zero-order valence-electron chi connectivity index (χ0n) is 12.0. The third kappa shape index (κ3) is 3.58. The van der Waals surface area contributed by atoms with Crippen LogP contribution in [0.15, 0.2) is 24.4 Å². The minimum absolute atomic E-state index is 0.245. The zero-order chi connectivity index (χ0) is 14.7. The van der Waals surface area contributed by atoms with E-state index in [4.69, 9.17) is 11.6 Å².